The molecule has 2 aromatic heterocycles. The van der Waals surface area contributed by atoms with E-state index in [1.54, 1.807) is 6.07 Å². The highest BCUT2D eigenvalue weighted by Crippen LogP contribution is 2.07. The molecule has 0 aliphatic carbocycles. The van der Waals surface area contributed by atoms with Crippen LogP contribution in [0, 0.1) is 0 Å². The largest absolute Gasteiger partial charge is 0.365 e. The molecule has 0 aromatic carbocycles. The third-order valence-electron chi connectivity index (χ3n) is 2.44. The van der Waals surface area contributed by atoms with E-state index in [1.807, 2.05) is 0 Å². The summed E-state index contributed by atoms with van der Waals surface area (Å²) in [5.74, 6) is 0.744. The maximum absolute atomic E-state index is 11.2. The van der Waals surface area contributed by atoms with Gasteiger partial charge in [-0.15, -0.1) is 0 Å². The van der Waals surface area contributed by atoms with Gasteiger partial charge in [-0.3, -0.25) is 0 Å². The molecule has 0 amide bonds. The number of aromatic amines is 1. The van der Waals surface area contributed by atoms with E-state index in [0.717, 1.165) is 18.9 Å². The van der Waals surface area contributed by atoms with Gasteiger partial charge in [0.1, 0.15) is 12.1 Å². The van der Waals surface area contributed by atoms with Crippen LogP contribution in [-0.4, -0.2) is 38.7 Å². The minimum atomic E-state index is -0.269. The quantitative estimate of drug-likeness (QED) is 0.574. The van der Waals surface area contributed by atoms with Crippen LogP contribution >= 0.6 is 0 Å². The van der Waals surface area contributed by atoms with Gasteiger partial charge in [-0.05, 0) is 0 Å². The fraction of sp³-hybridized carbons (Fsp3) is 0.375. The Labute approximate surface area is 84.5 Å². The number of rotatable bonds is 2. The second-order valence-corrected chi connectivity index (χ2v) is 3.53. The summed E-state index contributed by atoms with van der Waals surface area (Å²) < 4.78 is 1.37. The van der Waals surface area contributed by atoms with Gasteiger partial charge in [-0.25, -0.2) is 19.3 Å². The number of aromatic nitrogens is 4. The first-order valence-electron chi connectivity index (χ1n) is 4.73. The van der Waals surface area contributed by atoms with Crippen molar-refractivity contribution in [2.75, 3.05) is 18.4 Å². The van der Waals surface area contributed by atoms with Crippen molar-refractivity contribution in [1.29, 1.82) is 0 Å². The Balaban J connectivity index is 1.95. The molecule has 2 aromatic rings. The van der Waals surface area contributed by atoms with Gasteiger partial charge in [0, 0.05) is 19.2 Å². The molecule has 0 saturated carbocycles. The lowest BCUT2D eigenvalue weighted by Gasteiger charge is -2.28. The molecule has 1 fully saturated rings. The van der Waals surface area contributed by atoms with Crippen LogP contribution in [0.15, 0.2) is 17.2 Å². The smallest absolute Gasteiger partial charge is 0.348 e. The van der Waals surface area contributed by atoms with Crippen LogP contribution in [0.4, 0.5) is 5.82 Å². The van der Waals surface area contributed by atoms with Gasteiger partial charge in [-0.1, -0.05) is 0 Å². The fourth-order valence-corrected chi connectivity index (χ4v) is 1.49. The van der Waals surface area contributed by atoms with Gasteiger partial charge in [0.2, 0.25) is 0 Å². The summed E-state index contributed by atoms with van der Waals surface area (Å²) in [4.78, 5) is 15.3. The topological polar surface area (TPSA) is 87.1 Å². The van der Waals surface area contributed by atoms with Crippen LogP contribution in [0.5, 0.6) is 0 Å². The zero-order chi connectivity index (χ0) is 10.3. The summed E-state index contributed by atoms with van der Waals surface area (Å²) in [6, 6.07) is 2.17. The maximum Gasteiger partial charge on any atom is 0.348 e. The summed E-state index contributed by atoms with van der Waals surface area (Å²) in [7, 11) is 0. The summed E-state index contributed by atoms with van der Waals surface area (Å²) in [6.45, 7) is 1.89. The lowest BCUT2D eigenvalue weighted by molar-refractivity contribution is 0.471. The summed E-state index contributed by atoms with van der Waals surface area (Å²) >= 11 is 0. The minimum absolute atomic E-state index is 0.269. The van der Waals surface area contributed by atoms with Gasteiger partial charge in [-0.2, -0.15) is 5.10 Å². The molecule has 78 valence electrons. The minimum Gasteiger partial charge on any atom is -0.365 e. The van der Waals surface area contributed by atoms with Crippen molar-refractivity contribution in [3.05, 3.63) is 22.9 Å². The van der Waals surface area contributed by atoms with Crippen molar-refractivity contribution in [2.45, 2.75) is 6.04 Å². The first-order chi connectivity index (χ1) is 7.33. The number of nitrogens with one attached hydrogen (secondary N) is 3. The van der Waals surface area contributed by atoms with Crippen LogP contribution < -0.4 is 16.3 Å². The van der Waals surface area contributed by atoms with Crippen LogP contribution in [0.2, 0.25) is 0 Å². The number of hydrogen-bond donors (Lipinski definition) is 3. The molecule has 1 saturated heterocycles. The molecule has 0 spiro atoms. The molecule has 7 heteroatoms. The standard InChI is InChI=1S/C8H10N6O/c15-8-13-12-7-1-6(10-4-14(7)8)11-5-2-9-3-5/h1,4-5,9,11H,2-3H2,(H,13,15). The predicted octanol–water partition coefficient (Wildman–Crippen LogP) is -1.20. The molecule has 3 N–H and O–H groups in total. The number of nitrogens with zero attached hydrogens (tertiary/aromatic N) is 3. The van der Waals surface area contributed by atoms with E-state index < -0.39 is 0 Å². The molecule has 0 bridgehead atoms. The average molecular weight is 206 g/mol. The Morgan fingerprint density at radius 3 is 3.13 bits per heavy atom. The Kier molecular flexibility index (Phi) is 1.72. The van der Waals surface area contributed by atoms with E-state index >= 15 is 0 Å². The van der Waals surface area contributed by atoms with E-state index in [-0.39, 0.29) is 5.69 Å². The molecule has 0 atom stereocenters. The summed E-state index contributed by atoms with van der Waals surface area (Å²) in [5.41, 5.74) is 0.305. The lowest BCUT2D eigenvalue weighted by atomic mass is 10.2. The van der Waals surface area contributed by atoms with Crippen LogP contribution in [0.1, 0.15) is 0 Å². The Morgan fingerprint density at radius 1 is 1.53 bits per heavy atom. The molecule has 0 unspecified atom stereocenters. The Morgan fingerprint density at radius 2 is 2.40 bits per heavy atom. The lowest BCUT2D eigenvalue weighted by Crippen LogP contribution is -2.51. The van der Waals surface area contributed by atoms with Crippen molar-refractivity contribution in [3.8, 4) is 0 Å². The molecule has 3 rings (SSSR count). The fourth-order valence-electron chi connectivity index (χ4n) is 1.49. The zero-order valence-corrected chi connectivity index (χ0v) is 7.90. The van der Waals surface area contributed by atoms with Gasteiger partial charge in [0.15, 0.2) is 5.65 Å². The molecule has 15 heavy (non-hydrogen) atoms. The highest BCUT2D eigenvalue weighted by atomic mass is 16.1. The molecule has 7 nitrogen and oxygen atoms in total. The SMILES string of the molecule is O=c1[nH]nc2cc(NC3CNC3)ncn12. The van der Waals surface area contributed by atoms with E-state index in [9.17, 15) is 4.79 Å². The van der Waals surface area contributed by atoms with Crippen LogP contribution in [0.25, 0.3) is 5.65 Å². The van der Waals surface area contributed by atoms with Crippen molar-refractivity contribution >= 4 is 11.5 Å². The summed E-state index contributed by atoms with van der Waals surface area (Å²) in [5, 5.41) is 12.6. The van der Waals surface area contributed by atoms with Gasteiger partial charge in [0.25, 0.3) is 0 Å². The zero-order valence-electron chi connectivity index (χ0n) is 7.90. The van der Waals surface area contributed by atoms with E-state index in [1.165, 1.54) is 10.7 Å². The number of H-pyrrole nitrogens is 1. The monoisotopic (exact) mass is 206 g/mol. The molecular weight excluding hydrogens is 196 g/mol. The second kappa shape index (κ2) is 3.06. The van der Waals surface area contributed by atoms with Crippen molar-refractivity contribution in [2.24, 2.45) is 0 Å². The molecule has 1 aliphatic rings. The average Bonchev–Trinajstić information content (AvgIpc) is 2.54. The van der Waals surface area contributed by atoms with Crippen molar-refractivity contribution in [3.63, 3.8) is 0 Å². The van der Waals surface area contributed by atoms with E-state index in [4.69, 9.17) is 0 Å². The molecule has 1 aliphatic heterocycles. The Hall–Kier alpha value is -1.89. The third-order valence-corrected chi connectivity index (χ3v) is 2.44. The first kappa shape index (κ1) is 8.42. The maximum atomic E-state index is 11.2. The molecule has 3 heterocycles. The predicted molar refractivity (Wildman–Crippen MR) is 53.9 cm³/mol. The normalized spacial score (nSPS) is 16.5. The number of fused-ring (bicyclic) bond motifs is 1. The van der Waals surface area contributed by atoms with Crippen molar-refractivity contribution in [1.82, 2.24) is 24.9 Å². The highest BCUT2D eigenvalue weighted by molar-refractivity contribution is 5.49. The third kappa shape index (κ3) is 1.37. The molecule has 0 radical (unpaired) electrons. The number of hydrogen-bond acceptors (Lipinski definition) is 5. The van der Waals surface area contributed by atoms with Gasteiger partial charge in [0.05, 0.1) is 6.04 Å². The summed E-state index contributed by atoms with van der Waals surface area (Å²) in [6.07, 6.45) is 1.47. The van der Waals surface area contributed by atoms with E-state index in [0.29, 0.717) is 11.7 Å². The van der Waals surface area contributed by atoms with Crippen LogP contribution in [0.3, 0.4) is 0 Å². The van der Waals surface area contributed by atoms with Gasteiger partial charge < -0.3 is 10.6 Å². The van der Waals surface area contributed by atoms with Crippen molar-refractivity contribution < 1.29 is 0 Å². The van der Waals surface area contributed by atoms with E-state index in [2.05, 4.69) is 25.8 Å². The first-order valence-corrected chi connectivity index (χ1v) is 4.73. The number of anilines is 1. The molecular formula is C8H10N6O. The van der Waals surface area contributed by atoms with Gasteiger partial charge >= 0.3 is 5.69 Å². The van der Waals surface area contributed by atoms with Crippen LogP contribution in [-0.2, 0) is 0 Å². The second-order valence-electron chi connectivity index (χ2n) is 3.53. The highest BCUT2D eigenvalue weighted by Gasteiger charge is 2.16. The Bertz CT molecular complexity index is 539.